The molecule has 2 aromatic carbocycles. The van der Waals surface area contributed by atoms with Crippen LogP contribution in [-0.4, -0.2) is 12.4 Å². The van der Waals surface area contributed by atoms with E-state index in [1.165, 1.54) is 0 Å². The van der Waals surface area contributed by atoms with E-state index in [4.69, 9.17) is 4.74 Å². The highest BCUT2D eigenvalue weighted by molar-refractivity contribution is 6.11. The van der Waals surface area contributed by atoms with Crippen molar-refractivity contribution in [2.45, 2.75) is 20.8 Å². The third-order valence-electron chi connectivity index (χ3n) is 2.96. The smallest absolute Gasteiger partial charge is 0.169 e. The first-order chi connectivity index (χ1) is 8.65. The molecule has 0 aromatic heterocycles. The Morgan fingerprint density at radius 1 is 1.17 bits per heavy atom. The van der Waals surface area contributed by atoms with Crippen molar-refractivity contribution in [3.8, 4) is 5.75 Å². The lowest BCUT2D eigenvalue weighted by Crippen LogP contribution is -2.10. The molecule has 0 saturated carbocycles. The maximum absolute atomic E-state index is 12.4. The van der Waals surface area contributed by atoms with Gasteiger partial charge in [-0.25, -0.2) is 0 Å². The molecule has 18 heavy (non-hydrogen) atoms. The summed E-state index contributed by atoms with van der Waals surface area (Å²) in [6, 6.07) is 11.8. The van der Waals surface area contributed by atoms with Crippen LogP contribution in [0.5, 0.6) is 5.75 Å². The highest BCUT2D eigenvalue weighted by Gasteiger charge is 2.18. The maximum atomic E-state index is 12.4. The number of carbonyl (C=O) groups is 1. The molecular formula is C16H18O2. The van der Waals surface area contributed by atoms with Crippen LogP contribution >= 0.6 is 0 Å². The minimum absolute atomic E-state index is 0.0324. The number of carbonyl (C=O) groups excluding carboxylic acids is 1. The predicted molar refractivity (Wildman–Crippen MR) is 74.3 cm³/mol. The van der Waals surface area contributed by atoms with Gasteiger partial charge < -0.3 is 4.74 Å². The molecule has 0 heterocycles. The lowest BCUT2D eigenvalue weighted by molar-refractivity contribution is 0.0937. The van der Waals surface area contributed by atoms with Crippen LogP contribution in [0.2, 0.25) is 0 Å². The summed E-state index contributed by atoms with van der Waals surface area (Å²) in [4.78, 5) is 12.4. The minimum atomic E-state index is -0.0324. The zero-order chi connectivity index (χ0) is 13.1. The lowest BCUT2D eigenvalue weighted by Gasteiger charge is -2.14. The molecule has 0 unspecified atom stereocenters. The molecule has 0 amide bonds. The largest absolute Gasteiger partial charge is 0.493 e. The third-order valence-corrected chi connectivity index (χ3v) is 2.96. The molecule has 94 valence electrons. The van der Waals surface area contributed by atoms with Gasteiger partial charge in [-0.1, -0.05) is 44.2 Å². The Hall–Kier alpha value is -1.83. The molecule has 0 aliphatic heterocycles. The number of hydrogen-bond donors (Lipinski definition) is 0. The molecule has 2 aromatic rings. The quantitative estimate of drug-likeness (QED) is 0.755. The Labute approximate surface area is 108 Å². The Kier molecular flexibility index (Phi) is 3.66. The van der Waals surface area contributed by atoms with E-state index in [9.17, 15) is 4.79 Å². The second kappa shape index (κ2) is 5.21. The Morgan fingerprint density at radius 3 is 2.56 bits per heavy atom. The van der Waals surface area contributed by atoms with E-state index in [1.54, 1.807) is 0 Å². The van der Waals surface area contributed by atoms with E-state index < -0.39 is 0 Å². The second-order valence-electron chi connectivity index (χ2n) is 4.61. The highest BCUT2D eigenvalue weighted by Crippen LogP contribution is 2.30. The van der Waals surface area contributed by atoms with E-state index in [-0.39, 0.29) is 11.7 Å². The van der Waals surface area contributed by atoms with Crippen molar-refractivity contribution in [2.75, 3.05) is 6.61 Å². The summed E-state index contributed by atoms with van der Waals surface area (Å²) >= 11 is 0. The lowest BCUT2D eigenvalue weighted by atomic mass is 9.94. The van der Waals surface area contributed by atoms with Crippen molar-refractivity contribution in [3.05, 3.63) is 42.0 Å². The molecule has 2 heteroatoms. The molecule has 2 nitrogen and oxygen atoms in total. The van der Waals surface area contributed by atoms with Crippen LogP contribution in [0.3, 0.4) is 0 Å². The van der Waals surface area contributed by atoms with E-state index in [0.717, 1.165) is 10.8 Å². The van der Waals surface area contributed by atoms with Crippen molar-refractivity contribution in [1.82, 2.24) is 0 Å². The fourth-order valence-corrected chi connectivity index (χ4v) is 2.07. The third kappa shape index (κ3) is 2.23. The predicted octanol–water partition coefficient (Wildman–Crippen LogP) is 4.08. The Morgan fingerprint density at radius 2 is 1.89 bits per heavy atom. The van der Waals surface area contributed by atoms with Crippen LogP contribution < -0.4 is 4.74 Å². The first-order valence-corrected chi connectivity index (χ1v) is 6.34. The monoisotopic (exact) mass is 242 g/mol. The molecule has 0 spiro atoms. The molecule has 0 aliphatic rings. The van der Waals surface area contributed by atoms with E-state index in [2.05, 4.69) is 0 Å². The second-order valence-corrected chi connectivity index (χ2v) is 4.61. The molecule has 0 saturated heterocycles. The standard InChI is InChI=1S/C16H18O2/c1-4-18-14-10-9-12-7-5-6-8-13(12)15(14)16(17)11(2)3/h5-11H,4H2,1-3H3. The first-order valence-electron chi connectivity index (χ1n) is 6.34. The van der Waals surface area contributed by atoms with Crippen LogP contribution in [-0.2, 0) is 0 Å². The molecule has 2 rings (SSSR count). The molecular weight excluding hydrogens is 224 g/mol. The molecule has 0 bridgehead atoms. The van der Waals surface area contributed by atoms with Crippen LogP contribution in [0, 0.1) is 5.92 Å². The molecule has 0 N–H and O–H groups in total. The summed E-state index contributed by atoms with van der Waals surface area (Å²) in [5, 5.41) is 2.05. The van der Waals surface area contributed by atoms with E-state index in [1.807, 2.05) is 57.2 Å². The average Bonchev–Trinajstić information content (AvgIpc) is 2.38. The number of fused-ring (bicyclic) bond motifs is 1. The fourth-order valence-electron chi connectivity index (χ4n) is 2.07. The van der Waals surface area contributed by atoms with Gasteiger partial charge in [-0.15, -0.1) is 0 Å². The van der Waals surface area contributed by atoms with Gasteiger partial charge >= 0.3 is 0 Å². The van der Waals surface area contributed by atoms with Gasteiger partial charge in [-0.2, -0.15) is 0 Å². The van der Waals surface area contributed by atoms with Gasteiger partial charge in [0.1, 0.15) is 5.75 Å². The molecule has 0 radical (unpaired) electrons. The minimum Gasteiger partial charge on any atom is -0.493 e. The summed E-state index contributed by atoms with van der Waals surface area (Å²) in [5.41, 5.74) is 0.713. The fraction of sp³-hybridized carbons (Fsp3) is 0.312. The molecule has 0 atom stereocenters. The van der Waals surface area contributed by atoms with Crippen LogP contribution in [0.25, 0.3) is 10.8 Å². The molecule has 0 aliphatic carbocycles. The van der Waals surface area contributed by atoms with Crippen LogP contribution in [0.15, 0.2) is 36.4 Å². The number of ketones is 1. The van der Waals surface area contributed by atoms with Gasteiger partial charge in [0.15, 0.2) is 5.78 Å². The van der Waals surface area contributed by atoms with E-state index in [0.29, 0.717) is 17.9 Å². The Balaban J connectivity index is 2.70. The highest BCUT2D eigenvalue weighted by atomic mass is 16.5. The summed E-state index contributed by atoms with van der Waals surface area (Å²) < 4.78 is 5.60. The summed E-state index contributed by atoms with van der Waals surface area (Å²) in [7, 11) is 0. The SMILES string of the molecule is CCOc1ccc2ccccc2c1C(=O)C(C)C. The van der Waals surface area contributed by atoms with Gasteiger partial charge in [0, 0.05) is 5.92 Å². The zero-order valence-electron chi connectivity index (χ0n) is 11.1. The molecule has 0 fully saturated rings. The van der Waals surface area contributed by atoms with Crippen molar-refractivity contribution < 1.29 is 9.53 Å². The van der Waals surface area contributed by atoms with Gasteiger partial charge in [-0.3, -0.25) is 4.79 Å². The topological polar surface area (TPSA) is 26.3 Å². The number of rotatable bonds is 4. The van der Waals surface area contributed by atoms with E-state index >= 15 is 0 Å². The average molecular weight is 242 g/mol. The summed E-state index contributed by atoms with van der Waals surface area (Å²) in [6.45, 7) is 6.33. The van der Waals surface area contributed by atoms with Gasteiger partial charge in [0.05, 0.1) is 12.2 Å². The van der Waals surface area contributed by atoms with Gasteiger partial charge in [0.25, 0.3) is 0 Å². The summed E-state index contributed by atoms with van der Waals surface area (Å²) in [5.74, 6) is 0.792. The maximum Gasteiger partial charge on any atom is 0.169 e. The van der Waals surface area contributed by atoms with Crippen LogP contribution in [0.1, 0.15) is 31.1 Å². The number of ether oxygens (including phenoxy) is 1. The number of Topliss-reactive ketones (excluding diaryl/α,β-unsaturated/α-hetero) is 1. The van der Waals surface area contributed by atoms with Crippen molar-refractivity contribution in [3.63, 3.8) is 0 Å². The van der Waals surface area contributed by atoms with Crippen molar-refractivity contribution in [2.24, 2.45) is 5.92 Å². The van der Waals surface area contributed by atoms with Gasteiger partial charge in [-0.05, 0) is 23.8 Å². The van der Waals surface area contributed by atoms with Crippen LogP contribution in [0.4, 0.5) is 0 Å². The van der Waals surface area contributed by atoms with Crippen molar-refractivity contribution >= 4 is 16.6 Å². The zero-order valence-corrected chi connectivity index (χ0v) is 11.1. The Bertz CT molecular complexity index is 570. The van der Waals surface area contributed by atoms with Gasteiger partial charge in [0.2, 0.25) is 0 Å². The number of benzene rings is 2. The number of hydrogen-bond acceptors (Lipinski definition) is 2. The normalized spacial score (nSPS) is 10.9. The first kappa shape index (κ1) is 12.6. The van der Waals surface area contributed by atoms with Crippen molar-refractivity contribution in [1.29, 1.82) is 0 Å². The summed E-state index contributed by atoms with van der Waals surface area (Å²) in [6.07, 6.45) is 0.